The molecule has 0 aliphatic carbocycles. The summed E-state index contributed by atoms with van der Waals surface area (Å²) in [6.07, 6.45) is -10.4. The van der Waals surface area contributed by atoms with Gasteiger partial charge in [0.15, 0.2) is 18.4 Å². The topological polar surface area (TPSA) is 336 Å². The van der Waals surface area contributed by atoms with E-state index in [1.165, 1.54) is 55.4 Å². The zero-order chi connectivity index (χ0) is 50.9. The molecule has 28 nitrogen and oxygen atoms in total. The Kier molecular flexibility index (Phi) is 20.0. The molecule has 378 valence electrons. The van der Waals surface area contributed by atoms with E-state index in [0.29, 0.717) is 0 Å². The molecule has 3 heterocycles. The average Bonchev–Trinajstić information content (AvgIpc) is 3.72. The number of nitrogens with zero attached hydrogens (tertiary/aromatic N) is 3. The molecule has 0 amide bonds. The molecule has 0 bridgehead atoms. The number of hydrogen-bond donors (Lipinski definition) is 4. The highest BCUT2D eigenvalue weighted by molar-refractivity contribution is 7.48. The van der Waals surface area contributed by atoms with Crippen LogP contribution < -0.4 is 10.6 Å². The molecule has 66 heavy (non-hydrogen) atoms. The molecule has 2 aliphatic rings. The molecular formula is C35H58FN5O23P2. The number of alkyl halides is 1. The van der Waals surface area contributed by atoms with E-state index in [9.17, 15) is 33.4 Å². The molecule has 1 unspecified atom stereocenters. The molecular weight excluding hydrogens is 939 g/mol. The maximum atomic E-state index is 17.5. The van der Waals surface area contributed by atoms with Gasteiger partial charge in [0.05, 0.1) is 36.7 Å². The van der Waals surface area contributed by atoms with Gasteiger partial charge < -0.3 is 63.5 Å². The van der Waals surface area contributed by atoms with Crippen LogP contribution in [0.2, 0.25) is 0 Å². The molecule has 1 fully saturated rings. The first-order valence-electron chi connectivity index (χ1n) is 21.0. The van der Waals surface area contributed by atoms with Crippen molar-refractivity contribution in [1.82, 2.24) is 14.9 Å². The number of halogens is 1. The SMILES string of the molecule is [3H]CCN=C1Nc2c(ncn2[C@@H]2O[C@](F)(COP(=O)(OCOC(=O)OC(C)C)OCOC(=O)OC(C)C)[C@@H](CCO[3H])[C@@]2(C)O)C(OP(=O)(OCOC(=O)OC(C)C)OCOC(=O)OC(C)C)N1. The fraction of sp³-hybridized carbons (Fsp3) is 0.771. The normalized spacial score (nSPS) is 22.8. The number of imidazole rings is 1. The maximum absolute atomic E-state index is 17.5. The van der Waals surface area contributed by atoms with Crippen LogP contribution in [0.5, 0.6) is 0 Å². The van der Waals surface area contributed by atoms with E-state index < -0.39 is 141 Å². The summed E-state index contributed by atoms with van der Waals surface area (Å²) in [5.74, 6) is -5.28. The number of guanidine groups is 1. The number of carbonyl (C=O) groups is 4. The number of ether oxygens (including phenoxy) is 9. The van der Waals surface area contributed by atoms with Crippen molar-refractivity contribution in [3.63, 3.8) is 0 Å². The second-order valence-corrected chi connectivity index (χ2v) is 18.1. The van der Waals surface area contributed by atoms with E-state index in [1.807, 2.05) is 0 Å². The summed E-state index contributed by atoms with van der Waals surface area (Å²) in [4.78, 5) is 56.4. The van der Waals surface area contributed by atoms with Crippen LogP contribution >= 0.6 is 15.6 Å². The lowest BCUT2D eigenvalue weighted by Gasteiger charge is -2.33. The van der Waals surface area contributed by atoms with E-state index in [4.69, 9.17) is 72.6 Å². The third kappa shape index (κ3) is 17.0. The number of phosphoric ester groups is 2. The highest BCUT2D eigenvalue weighted by atomic mass is 31.2. The second-order valence-electron chi connectivity index (χ2n) is 14.8. The number of anilines is 1. The molecule has 5 atom stereocenters. The summed E-state index contributed by atoms with van der Waals surface area (Å²) >= 11 is 0. The van der Waals surface area contributed by atoms with Gasteiger partial charge in [-0.05, 0) is 75.6 Å². The summed E-state index contributed by atoms with van der Waals surface area (Å²) in [6.45, 7) is 6.56. The van der Waals surface area contributed by atoms with Gasteiger partial charge in [-0.15, -0.1) is 0 Å². The first kappa shape index (κ1) is 52.6. The van der Waals surface area contributed by atoms with Crippen LogP contribution in [-0.2, 0) is 78.9 Å². The summed E-state index contributed by atoms with van der Waals surface area (Å²) in [7, 11) is -10.2. The summed E-state index contributed by atoms with van der Waals surface area (Å²) in [5, 5.41) is 22.1. The minimum Gasteiger partial charge on any atom is -0.432 e. The monoisotopic (exact) mass is 1000 g/mol. The van der Waals surface area contributed by atoms with Crippen molar-refractivity contribution in [2.45, 2.75) is 124 Å². The first-order valence-corrected chi connectivity index (χ1v) is 22.8. The van der Waals surface area contributed by atoms with Gasteiger partial charge in [0.2, 0.25) is 34.5 Å². The van der Waals surface area contributed by atoms with Crippen LogP contribution in [0.3, 0.4) is 0 Å². The summed E-state index contributed by atoms with van der Waals surface area (Å²) < 4.78 is 137. The summed E-state index contributed by atoms with van der Waals surface area (Å²) in [6, 6.07) is 0. The van der Waals surface area contributed by atoms with Gasteiger partial charge >= 0.3 is 40.3 Å². The Hall–Kier alpha value is -4.41. The van der Waals surface area contributed by atoms with Gasteiger partial charge in [0.25, 0.3) is 0 Å². The lowest BCUT2D eigenvalue weighted by Crippen LogP contribution is -2.45. The fourth-order valence-corrected chi connectivity index (χ4v) is 7.44. The van der Waals surface area contributed by atoms with Crippen LogP contribution in [0.15, 0.2) is 11.3 Å². The van der Waals surface area contributed by atoms with E-state index in [1.54, 1.807) is 0 Å². The van der Waals surface area contributed by atoms with Crippen molar-refractivity contribution >= 4 is 52.0 Å². The van der Waals surface area contributed by atoms with Crippen LogP contribution in [0, 0.1) is 5.92 Å². The Morgan fingerprint density at radius 3 is 1.76 bits per heavy atom. The number of hydrogen-bond acceptors (Lipinski definition) is 25. The van der Waals surface area contributed by atoms with Crippen molar-refractivity contribution in [3.05, 3.63) is 12.0 Å². The van der Waals surface area contributed by atoms with E-state index >= 15 is 4.39 Å². The number of aliphatic imine (C=N–C) groups is 1. The Labute approximate surface area is 381 Å². The van der Waals surface area contributed by atoms with Crippen molar-refractivity contribution in [2.24, 2.45) is 10.9 Å². The molecule has 1 saturated heterocycles. The van der Waals surface area contributed by atoms with Gasteiger partial charge in [-0.25, -0.2) is 55.8 Å². The molecule has 0 spiro atoms. The molecule has 0 saturated carbocycles. The third-order valence-corrected chi connectivity index (χ3v) is 10.7. The number of aromatic nitrogens is 2. The lowest BCUT2D eigenvalue weighted by atomic mass is 9.83. The molecule has 4 N–H and O–H groups in total. The van der Waals surface area contributed by atoms with Crippen molar-refractivity contribution < 1.29 is 114 Å². The molecule has 1 aromatic rings. The number of rotatable bonds is 26. The van der Waals surface area contributed by atoms with Crippen molar-refractivity contribution in [1.29, 1.82) is 1.43 Å². The second kappa shape index (κ2) is 25.1. The highest BCUT2D eigenvalue weighted by Gasteiger charge is 2.64. The smallest absolute Gasteiger partial charge is 0.432 e. The largest absolute Gasteiger partial charge is 0.510 e. The molecule has 0 aromatic carbocycles. The Morgan fingerprint density at radius 2 is 1.32 bits per heavy atom. The minimum absolute atomic E-state index is 0.135. The van der Waals surface area contributed by atoms with Crippen LogP contribution in [0.1, 0.15) is 95.2 Å². The molecule has 1 aromatic heterocycles. The molecule has 31 heteroatoms. The number of fused-ring (bicyclic) bond motifs is 1. The Morgan fingerprint density at radius 1 is 0.848 bits per heavy atom. The van der Waals surface area contributed by atoms with E-state index in [2.05, 4.69) is 25.7 Å². The molecule has 3 rings (SSSR count). The van der Waals surface area contributed by atoms with Crippen molar-refractivity contribution in [3.8, 4) is 0 Å². The minimum atomic E-state index is -5.12. The lowest BCUT2D eigenvalue weighted by molar-refractivity contribution is -0.195. The standard InChI is InChI=1S/C35H58FN5O23P2/c1-11-37-29-39-26-25(27(40-29)64-66(49,57-18-52-32(45)61-22(6)7)58-19-53-33(46)62-23(8)9)38-15-41(26)28-34(10,47)24(12-13-42)35(36,63-28)14-54-65(48,55-16-50-30(43)59-20(2)3)56-17-51-31(44)60-21(4)5/h15,20-24,27-28,42,47H,11-14,16-19H2,1-10H3,(H2,37,39,40)/t24-,27?,28+,34+,35+/m0/s1/i1T,42T. The number of nitrogens with one attached hydrogen (secondary N) is 2. The summed E-state index contributed by atoms with van der Waals surface area (Å²) in [5.41, 5.74) is -2.56. The number of phosphoric acid groups is 2. The van der Waals surface area contributed by atoms with E-state index in [-0.39, 0.29) is 30.9 Å². The van der Waals surface area contributed by atoms with Crippen molar-refractivity contribution in [2.75, 3.05) is 52.2 Å². The van der Waals surface area contributed by atoms with Gasteiger partial charge in [-0.2, -0.15) is 0 Å². The number of aliphatic hydroxyl groups is 2. The Balaban J connectivity index is 2.00. The van der Waals surface area contributed by atoms with Gasteiger partial charge in [0.1, 0.15) is 23.7 Å². The first-order chi connectivity index (χ1) is 31.9. The zero-order valence-electron chi connectivity index (χ0n) is 39.5. The van der Waals surface area contributed by atoms with Gasteiger partial charge in [0, 0.05) is 14.5 Å². The quantitative estimate of drug-likeness (QED) is 0.0379. The van der Waals surface area contributed by atoms with Crippen LogP contribution in [-0.4, -0.2) is 135 Å². The highest BCUT2D eigenvalue weighted by Crippen LogP contribution is 2.57. The van der Waals surface area contributed by atoms with Crippen LogP contribution in [0.25, 0.3) is 0 Å². The Bertz CT molecular complexity index is 1880. The number of carbonyl (C=O) groups excluding carboxylic acids is 4. The zero-order valence-corrected chi connectivity index (χ0v) is 39.3. The average molecular weight is 1000 g/mol. The molecule has 2 aliphatic heterocycles. The van der Waals surface area contributed by atoms with Gasteiger partial charge in [-0.1, -0.05) is 0 Å². The van der Waals surface area contributed by atoms with Crippen LogP contribution in [0.4, 0.5) is 29.4 Å². The maximum Gasteiger partial charge on any atom is 0.510 e. The predicted molar refractivity (Wildman–Crippen MR) is 216 cm³/mol. The fourth-order valence-electron chi connectivity index (χ4n) is 5.55. The molecule has 0 radical (unpaired) electrons. The third-order valence-electron chi connectivity index (χ3n) is 8.07. The predicted octanol–water partition coefficient (Wildman–Crippen LogP) is 5.61. The van der Waals surface area contributed by atoms with E-state index in [0.717, 1.165) is 17.8 Å². The number of aliphatic hydroxyl groups excluding tert-OH is 1. The van der Waals surface area contributed by atoms with Gasteiger partial charge in [-0.3, -0.25) is 18.6 Å².